The van der Waals surface area contributed by atoms with Crippen molar-refractivity contribution in [2.75, 3.05) is 36.9 Å². The van der Waals surface area contributed by atoms with E-state index in [1.54, 1.807) is 6.20 Å². The normalized spacial score (nSPS) is 16.1. The van der Waals surface area contributed by atoms with E-state index < -0.39 is 0 Å². The summed E-state index contributed by atoms with van der Waals surface area (Å²) in [4.78, 5) is 16.5. The fraction of sp³-hybridized carbons (Fsp3) is 0.292. The molecule has 0 unspecified atom stereocenters. The molecular weight excluding hydrogens is 388 g/mol. The third-order valence-electron chi connectivity index (χ3n) is 6.24. The van der Waals surface area contributed by atoms with E-state index in [1.807, 2.05) is 24.3 Å². The number of nitrogens with two attached hydrogens (primary N) is 1. The molecule has 0 spiro atoms. The summed E-state index contributed by atoms with van der Waals surface area (Å²) in [5, 5.41) is 0. The first-order chi connectivity index (χ1) is 15.3. The Morgan fingerprint density at radius 3 is 2.68 bits per heavy atom. The molecule has 0 saturated carbocycles. The first-order valence-corrected chi connectivity index (χ1v) is 10.8. The molecule has 0 amide bonds. The summed E-state index contributed by atoms with van der Waals surface area (Å²) in [7, 11) is 0. The summed E-state index contributed by atoms with van der Waals surface area (Å²) < 4.78 is 7.64. The summed E-state index contributed by atoms with van der Waals surface area (Å²) in [6, 6.07) is 14.6. The number of pyridine rings is 2. The highest BCUT2D eigenvalue weighted by molar-refractivity contribution is 5.84. The number of nitrogens with zero attached hydrogens (tertiary/aromatic N) is 5. The number of hydrogen-bond donors (Lipinski definition) is 1. The summed E-state index contributed by atoms with van der Waals surface area (Å²) >= 11 is 0. The monoisotopic (exact) mass is 412 g/mol. The van der Waals surface area contributed by atoms with Crippen LogP contribution in [0.1, 0.15) is 17.5 Å². The molecule has 2 N–H and O–H groups in total. The number of aromatic nitrogens is 4. The number of anilines is 2. The maximum absolute atomic E-state index is 6.25. The van der Waals surface area contributed by atoms with E-state index in [0.717, 1.165) is 73.2 Å². The van der Waals surface area contributed by atoms with Crippen molar-refractivity contribution in [3.8, 4) is 17.1 Å². The molecule has 156 valence electrons. The van der Waals surface area contributed by atoms with Gasteiger partial charge in [0.25, 0.3) is 0 Å². The van der Waals surface area contributed by atoms with E-state index in [0.29, 0.717) is 5.82 Å². The average molecular weight is 412 g/mol. The minimum absolute atomic E-state index is 0.466. The number of rotatable bonds is 3. The van der Waals surface area contributed by atoms with Crippen molar-refractivity contribution in [3.05, 3.63) is 59.8 Å². The predicted molar refractivity (Wildman–Crippen MR) is 122 cm³/mol. The molecule has 1 fully saturated rings. The Morgan fingerprint density at radius 2 is 1.81 bits per heavy atom. The molecular formula is C24H24N6O. The van der Waals surface area contributed by atoms with Gasteiger partial charge in [-0.15, -0.1) is 0 Å². The van der Waals surface area contributed by atoms with E-state index in [4.69, 9.17) is 20.4 Å². The summed E-state index contributed by atoms with van der Waals surface area (Å²) in [6.07, 6.45) is 5.19. The van der Waals surface area contributed by atoms with E-state index in [-0.39, 0.29) is 0 Å². The Labute approximate surface area is 180 Å². The molecule has 0 radical (unpaired) electrons. The zero-order valence-electron chi connectivity index (χ0n) is 17.3. The third kappa shape index (κ3) is 3.13. The van der Waals surface area contributed by atoms with Gasteiger partial charge in [-0.2, -0.15) is 0 Å². The second-order valence-electron chi connectivity index (χ2n) is 8.13. The van der Waals surface area contributed by atoms with Crippen LogP contribution < -0.4 is 10.6 Å². The number of fused-ring (bicyclic) bond motifs is 2. The van der Waals surface area contributed by atoms with Crippen LogP contribution in [0.2, 0.25) is 0 Å². The van der Waals surface area contributed by atoms with Crippen molar-refractivity contribution in [3.63, 3.8) is 0 Å². The maximum Gasteiger partial charge on any atom is 0.167 e. The van der Waals surface area contributed by atoms with E-state index in [9.17, 15) is 0 Å². The van der Waals surface area contributed by atoms with Crippen LogP contribution in [0, 0.1) is 0 Å². The summed E-state index contributed by atoms with van der Waals surface area (Å²) in [6.45, 7) is 3.13. The van der Waals surface area contributed by atoms with Gasteiger partial charge < -0.3 is 15.4 Å². The predicted octanol–water partition coefficient (Wildman–Crippen LogP) is 3.39. The fourth-order valence-corrected chi connectivity index (χ4v) is 4.65. The van der Waals surface area contributed by atoms with Crippen molar-refractivity contribution in [2.45, 2.75) is 19.3 Å². The van der Waals surface area contributed by atoms with Crippen molar-refractivity contribution in [2.24, 2.45) is 0 Å². The standard InChI is InChI=1S/C24H24N6O/c25-22-19(5-2-10-26-22)23-27-20-8-9-21(29-11-13-31-14-12-29)28-24(20)30(23)18-7-6-16-3-1-4-17(16)15-18/h2,5-10,15H,1,3-4,11-14H2,(H2,25,26). The fourth-order valence-electron chi connectivity index (χ4n) is 4.65. The third-order valence-corrected chi connectivity index (χ3v) is 6.24. The summed E-state index contributed by atoms with van der Waals surface area (Å²) in [5.41, 5.74) is 12.7. The minimum atomic E-state index is 0.466. The number of benzene rings is 1. The Morgan fingerprint density at radius 1 is 0.935 bits per heavy atom. The molecule has 7 heteroatoms. The van der Waals surface area contributed by atoms with Gasteiger partial charge in [-0.25, -0.2) is 15.0 Å². The van der Waals surface area contributed by atoms with E-state index in [2.05, 4.69) is 32.7 Å². The van der Waals surface area contributed by atoms with Crippen LogP contribution in [0.15, 0.2) is 48.7 Å². The molecule has 1 saturated heterocycles. The first kappa shape index (κ1) is 18.3. The molecule has 31 heavy (non-hydrogen) atoms. The lowest BCUT2D eigenvalue weighted by Gasteiger charge is -2.27. The number of hydrogen-bond acceptors (Lipinski definition) is 6. The lowest BCUT2D eigenvalue weighted by molar-refractivity contribution is 0.122. The van der Waals surface area contributed by atoms with Gasteiger partial charge in [0.1, 0.15) is 17.2 Å². The zero-order chi connectivity index (χ0) is 20.8. The highest BCUT2D eigenvalue weighted by Crippen LogP contribution is 2.33. The molecule has 0 bridgehead atoms. The van der Waals surface area contributed by atoms with Crippen LogP contribution in [-0.4, -0.2) is 45.8 Å². The molecule has 4 aromatic rings. The molecule has 2 aliphatic rings. The van der Waals surface area contributed by atoms with Crippen molar-refractivity contribution in [1.82, 2.24) is 19.5 Å². The van der Waals surface area contributed by atoms with Gasteiger partial charge in [-0.3, -0.25) is 4.57 Å². The lowest BCUT2D eigenvalue weighted by atomic mass is 10.1. The average Bonchev–Trinajstić information content (AvgIpc) is 3.43. The molecule has 1 aliphatic carbocycles. The van der Waals surface area contributed by atoms with Gasteiger partial charge in [0.2, 0.25) is 0 Å². The van der Waals surface area contributed by atoms with Crippen molar-refractivity contribution >= 4 is 22.8 Å². The quantitative estimate of drug-likeness (QED) is 0.555. The number of ether oxygens (including phenoxy) is 1. The van der Waals surface area contributed by atoms with Crippen LogP contribution in [0.4, 0.5) is 11.6 Å². The largest absolute Gasteiger partial charge is 0.383 e. The Kier molecular flexibility index (Phi) is 4.35. The molecule has 3 aromatic heterocycles. The van der Waals surface area contributed by atoms with E-state index in [1.165, 1.54) is 17.5 Å². The van der Waals surface area contributed by atoms with Gasteiger partial charge in [0, 0.05) is 25.0 Å². The van der Waals surface area contributed by atoms with Crippen LogP contribution in [0.5, 0.6) is 0 Å². The molecule has 6 rings (SSSR count). The number of morpholine rings is 1. The molecule has 7 nitrogen and oxygen atoms in total. The Hall–Kier alpha value is -3.45. The SMILES string of the molecule is Nc1ncccc1-c1nc2ccc(N3CCOCC3)nc2n1-c1ccc2c(c1)CCC2. The van der Waals surface area contributed by atoms with Gasteiger partial charge in [-0.05, 0) is 66.8 Å². The van der Waals surface area contributed by atoms with Gasteiger partial charge in [0.05, 0.1) is 18.8 Å². The van der Waals surface area contributed by atoms with E-state index >= 15 is 0 Å². The number of nitrogen functional groups attached to an aromatic ring is 1. The smallest absolute Gasteiger partial charge is 0.167 e. The second-order valence-corrected chi connectivity index (χ2v) is 8.13. The highest BCUT2D eigenvalue weighted by atomic mass is 16.5. The topological polar surface area (TPSA) is 82.1 Å². The number of aryl methyl sites for hydroxylation is 2. The van der Waals surface area contributed by atoms with Crippen LogP contribution >= 0.6 is 0 Å². The minimum Gasteiger partial charge on any atom is -0.383 e. The van der Waals surface area contributed by atoms with Crippen molar-refractivity contribution in [1.29, 1.82) is 0 Å². The Balaban J connectivity index is 1.58. The zero-order valence-corrected chi connectivity index (χ0v) is 17.3. The molecule has 0 atom stereocenters. The first-order valence-electron chi connectivity index (χ1n) is 10.8. The van der Waals surface area contributed by atoms with Crippen LogP contribution in [0.3, 0.4) is 0 Å². The van der Waals surface area contributed by atoms with Crippen LogP contribution in [-0.2, 0) is 17.6 Å². The second kappa shape index (κ2) is 7.35. The molecule has 4 heterocycles. The van der Waals surface area contributed by atoms with Crippen molar-refractivity contribution < 1.29 is 4.74 Å². The molecule has 1 aliphatic heterocycles. The van der Waals surface area contributed by atoms with Gasteiger partial charge in [-0.1, -0.05) is 6.07 Å². The van der Waals surface area contributed by atoms with Crippen LogP contribution in [0.25, 0.3) is 28.2 Å². The number of imidazole rings is 1. The summed E-state index contributed by atoms with van der Waals surface area (Å²) in [5.74, 6) is 2.18. The van der Waals surface area contributed by atoms with Gasteiger partial charge >= 0.3 is 0 Å². The molecule has 1 aromatic carbocycles. The Bertz CT molecular complexity index is 1270. The highest BCUT2D eigenvalue weighted by Gasteiger charge is 2.21. The maximum atomic E-state index is 6.25. The van der Waals surface area contributed by atoms with Gasteiger partial charge in [0.15, 0.2) is 11.5 Å². The lowest BCUT2D eigenvalue weighted by Crippen LogP contribution is -2.36.